The van der Waals surface area contributed by atoms with Crippen molar-refractivity contribution in [2.75, 3.05) is 20.2 Å². The topological polar surface area (TPSA) is 137 Å². The summed E-state index contributed by atoms with van der Waals surface area (Å²) in [6.07, 6.45) is 3.22. The number of benzene rings is 2. The van der Waals surface area contributed by atoms with Crippen molar-refractivity contribution >= 4 is 22.1 Å². The van der Waals surface area contributed by atoms with Crippen molar-refractivity contribution in [1.29, 1.82) is 0 Å². The van der Waals surface area contributed by atoms with E-state index in [1.165, 1.54) is 25.3 Å². The molecule has 1 heterocycles. The van der Waals surface area contributed by atoms with E-state index in [1.54, 1.807) is 12.4 Å². The van der Waals surface area contributed by atoms with Gasteiger partial charge < -0.3 is 19.7 Å². The van der Waals surface area contributed by atoms with Crippen LogP contribution in [0.4, 0.5) is 5.69 Å². The van der Waals surface area contributed by atoms with Gasteiger partial charge in [0.1, 0.15) is 11.2 Å². The minimum atomic E-state index is -4.31. The summed E-state index contributed by atoms with van der Waals surface area (Å²) in [6, 6.07) is 8.27. The first-order chi connectivity index (χ1) is 14.7. The third-order valence-corrected chi connectivity index (χ3v) is 6.38. The van der Waals surface area contributed by atoms with E-state index in [4.69, 9.17) is 14.8 Å². The third kappa shape index (κ3) is 5.05. The lowest BCUT2D eigenvalue weighted by atomic mass is 9.88. The molecule has 2 N–H and O–H groups in total. The van der Waals surface area contributed by atoms with Crippen LogP contribution in [0.25, 0.3) is 0 Å². The standard InChI is InChI=1S/C20H24N4O6S/c1-14-10-18(15-6-8-23(9-7-15)13-22-21)20(29-2)19(11-14)30-31(27,28)17-5-3-4-16(12-17)24(25)26/h3-5,10-13,15H,6-9,21H2,1-2H3. The Morgan fingerprint density at radius 2 is 1.97 bits per heavy atom. The fourth-order valence-electron chi connectivity index (χ4n) is 3.69. The smallest absolute Gasteiger partial charge is 0.339 e. The van der Waals surface area contributed by atoms with Gasteiger partial charge in [0, 0.05) is 30.8 Å². The summed E-state index contributed by atoms with van der Waals surface area (Å²) in [5.41, 5.74) is 1.33. The Balaban J connectivity index is 1.93. The molecule has 1 aliphatic heterocycles. The molecule has 166 valence electrons. The zero-order chi connectivity index (χ0) is 22.6. The molecule has 0 bridgehead atoms. The number of methoxy groups -OCH3 is 1. The van der Waals surface area contributed by atoms with Gasteiger partial charge in [-0.1, -0.05) is 12.1 Å². The number of non-ortho nitro benzene ring substituents is 1. The number of nitrogens with two attached hydrogens (primary N) is 1. The molecule has 3 rings (SSSR count). The van der Waals surface area contributed by atoms with Crippen LogP contribution in [0.5, 0.6) is 11.5 Å². The molecule has 31 heavy (non-hydrogen) atoms. The highest BCUT2D eigenvalue weighted by Gasteiger charge is 2.27. The molecule has 0 saturated carbocycles. The van der Waals surface area contributed by atoms with Gasteiger partial charge in [-0.2, -0.15) is 13.5 Å². The number of nitro benzene ring substituents is 1. The number of rotatable bonds is 7. The van der Waals surface area contributed by atoms with Crippen molar-refractivity contribution in [3.05, 3.63) is 57.6 Å². The molecule has 0 aromatic heterocycles. The summed E-state index contributed by atoms with van der Waals surface area (Å²) in [4.78, 5) is 12.1. The molecule has 0 amide bonds. The van der Waals surface area contributed by atoms with E-state index in [0.29, 0.717) is 5.75 Å². The normalized spacial score (nSPS) is 15.2. The molecule has 1 aliphatic rings. The van der Waals surface area contributed by atoms with Crippen LogP contribution in [0.3, 0.4) is 0 Å². The van der Waals surface area contributed by atoms with E-state index < -0.39 is 15.0 Å². The maximum Gasteiger partial charge on any atom is 0.339 e. The fourth-order valence-corrected chi connectivity index (χ4v) is 4.66. The van der Waals surface area contributed by atoms with Gasteiger partial charge in [-0.05, 0) is 43.4 Å². The van der Waals surface area contributed by atoms with Crippen LogP contribution in [0, 0.1) is 17.0 Å². The van der Waals surface area contributed by atoms with E-state index in [-0.39, 0.29) is 22.3 Å². The predicted octanol–water partition coefficient (Wildman–Crippen LogP) is 2.76. The monoisotopic (exact) mass is 448 g/mol. The molecule has 11 heteroatoms. The molecule has 0 radical (unpaired) electrons. The third-order valence-electron chi connectivity index (χ3n) is 5.15. The number of nitrogens with zero attached hydrogens (tertiary/aromatic N) is 3. The van der Waals surface area contributed by atoms with Crippen LogP contribution in [0.1, 0.15) is 29.9 Å². The van der Waals surface area contributed by atoms with E-state index in [1.807, 2.05) is 17.9 Å². The second-order valence-corrected chi connectivity index (χ2v) is 8.80. The SMILES string of the molecule is COc1c(OS(=O)(=O)c2cccc([N+](=O)[O-])c2)cc(C)cc1C1CCN(C=NN)CC1. The van der Waals surface area contributed by atoms with Crippen molar-refractivity contribution in [3.8, 4) is 11.5 Å². The molecule has 0 atom stereocenters. The fraction of sp³-hybridized carbons (Fsp3) is 0.350. The van der Waals surface area contributed by atoms with Gasteiger partial charge in [0.25, 0.3) is 5.69 Å². The number of hydrogen-bond acceptors (Lipinski definition) is 8. The maximum absolute atomic E-state index is 12.8. The zero-order valence-electron chi connectivity index (χ0n) is 17.2. The number of ether oxygens (including phenoxy) is 1. The summed E-state index contributed by atoms with van der Waals surface area (Å²) in [5.74, 6) is 5.75. The molecule has 0 spiro atoms. The molecule has 10 nitrogen and oxygen atoms in total. The summed E-state index contributed by atoms with van der Waals surface area (Å²) < 4.78 is 36.6. The molecule has 0 aliphatic carbocycles. The van der Waals surface area contributed by atoms with E-state index in [2.05, 4.69) is 5.10 Å². The van der Waals surface area contributed by atoms with Crippen LogP contribution in [0.15, 0.2) is 46.4 Å². The number of hydrogen-bond donors (Lipinski definition) is 1. The highest BCUT2D eigenvalue weighted by molar-refractivity contribution is 7.87. The molecule has 2 aromatic carbocycles. The van der Waals surface area contributed by atoms with Gasteiger partial charge in [-0.15, -0.1) is 0 Å². The lowest BCUT2D eigenvalue weighted by Gasteiger charge is -2.31. The van der Waals surface area contributed by atoms with Crippen LogP contribution in [-0.4, -0.2) is 44.8 Å². The number of piperidine rings is 1. The van der Waals surface area contributed by atoms with Gasteiger partial charge in [0.05, 0.1) is 12.0 Å². The van der Waals surface area contributed by atoms with Crippen molar-refractivity contribution in [3.63, 3.8) is 0 Å². The van der Waals surface area contributed by atoms with Gasteiger partial charge in [0.15, 0.2) is 11.5 Å². The van der Waals surface area contributed by atoms with Gasteiger partial charge in [-0.3, -0.25) is 10.1 Å². The molecule has 2 aromatic rings. The van der Waals surface area contributed by atoms with Crippen molar-refractivity contribution in [1.82, 2.24) is 4.90 Å². The Labute approximate surface area is 180 Å². The van der Waals surface area contributed by atoms with Crippen molar-refractivity contribution in [2.45, 2.75) is 30.6 Å². The van der Waals surface area contributed by atoms with Crippen molar-refractivity contribution in [2.24, 2.45) is 10.9 Å². The Hall–Kier alpha value is -3.34. The van der Waals surface area contributed by atoms with Crippen LogP contribution < -0.4 is 14.8 Å². The Kier molecular flexibility index (Phi) is 6.64. The highest BCUT2D eigenvalue weighted by atomic mass is 32.2. The Morgan fingerprint density at radius 1 is 1.26 bits per heavy atom. The van der Waals surface area contributed by atoms with Crippen LogP contribution in [-0.2, 0) is 10.1 Å². The van der Waals surface area contributed by atoms with Gasteiger partial charge in [0.2, 0.25) is 0 Å². The largest absolute Gasteiger partial charge is 0.492 e. The highest BCUT2D eigenvalue weighted by Crippen LogP contribution is 2.41. The van der Waals surface area contributed by atoms with Crippen LogP contribution >= 0.6 is 0 Å². The average molecular weight is 449 g/mol. The zero-order valence-corrected chi connectivity index (χ0v) is 18.0. The quantitative estimate of drug-likeness (QED) is 0.170. The number of likely N-dealkylation sites (tertiary alicyclic amines) is 1. The van der Waals surface area contributed by atoms with E-state index >= 15 is 0 Å². The average Bonchev–Trinajstić information content (AvgIpc) is 2.74. The van der Waals surface area contributed by atoms with Gasteiger partial charge in [-0.25, -0.2) is 0 Å². The second kappa shape index (κ2) is 9.21. The minimum absolute atomic E-state index is 0.0509. The molecule has 0 unspecified atom stereocenters. The number of aryl methyl sites for hydroxylation is 1. The van der Waals surface area contributed by atoms with Gasteiger partial charge >= 0.3 is 10.1 Å². The summed E-state index contributed by atoms with van der Waals surface area (Å²) in [7, 11) is -2.85. The first kappa shape index (κ1) is 22.3. The lowest BCUT2D eigenvalue weighted by Crippen LogP contribution is -2.32. The Bertz CT molecular complexity index is 1090. The van der Waals surface area contributed by atoms with Crippen molar-refractivity contribution < 1.29 is 22.3 Å². The molecular weight excluding hydrogens is 424 g/mol. The summed E-state index contributed by atoms with van der Waals surface area (Å²) in [6.45, 7) is 3.35. The second-order valence-electron chi connectivity index (χ2n) is 7.25. The van der Waals surface area contributed by atoms with E-state index in [9.17, 15) is 18.5 Å². The number of hydrazone groups is 1. The summed E-state index contributed by atoms with van der Waals surface area (Å²) >= 11 is 0. The lowest BCUT2D eigenvalue weighted by molar-refractivity contribution is -0.385. The molecule has 1 saturated heterocycles. The molecule has 1 fully saturated rings. The van der Waals surface area contributed by atoms with Crippen LogP contribution in [0.2, 0.25) is 0 Å². The Morgan fingerprint density at radius 3 is 2.58 bits per heavy atom. The first-order valence-electron chi connectivity index (χ1n) is 9.60. The first-order valence-corrected chi connectivity index (χ1v) is 11.0. The maximum atomic E-state index is 12.8. The van der Waals surface area contributed by atoms with E-state index in [0.717, 1.165) is 43.1 Å². The predicted molar refractivity (Wildman–Crippen MR) is 115 cm³/mol. The number of nitro groups is 1. The minimum Gasteiger partial charge on any atom is -0.492 e. The molecular formula is C20H24N4O6S. The summed E-state index contributed by atoms with van der Waals surface area (Å²) in [5, 5.41) is 14.6.